The van der Waals surface area contributed by atoms with Gasteiger partial charge in [0.05, 0.1) is 12.5 Å². The highest BCUT2D eigenvalue weighted by molar-refractivity contribution is 6.01. The second-order valence-electron chi connectivity index (χ2n) is 10.5. The van der Waals surface area contributed by atoms with Gasteiger partial charge in [-0.25, -0.2) is 0 Å². The van der Waals surface area contributed by atoms with E-state index in [-0.39, 0.29) is 16.6 Å². The van der Waals surface area contributed by atoms with Gasteiger partial charge in [0.2, 0.25) is 0 Å². The van der Waals surface area contributed by atoms with Crippen LogP contribution in [0.1, 0.15) is 52.7 Å². The lowest BCUT2D eigenvalue weighted by Crippen LogP contribution is -2.29. The molecule has 1 aliphatic heterocycles. The van der Waals surface area contributed by atoms with Crippen molar-refractivity contribution in [1.82, 2.24) is 0 Å². The molecule has 0 amide bonds. The maximum Gasteiger partial charge on any atom is 0.178 e. The summed E-state index contributed by atoms with van der Waals surface area (Å²) in [5.41, 5.74) is 7.19. The van der Waals surface area contributed by atoms with Crippen LogP contribution in [0, 0.1) is 24.7 Å². The summed E-state index contributed by atoms with van der Waals surface area (Å²) >= 11 is 0. The van der Waals surface area contributed by atoms with Crippen LogP contribution < -0.4 is 10.4 Å². The summed E-state index contributed by atoms with van der Waals surface area (Å²) in [6, 6.07) is 4.48. The van der Waals surface area contributed by atoms with Gasteiger partial charge in [-0.1, -0.05) is 78.0 Å². The third-order valence-corrected chi connectivity index (χ3v) is 5.68. The number of hydrogen-bond donors (Lipinski definition) is 0. The summed E-state index contributed by atoms with van der Waals surface area (Å²) in [6.07, 6.45) is 14.9. The Bertz CT molecular complexity index is 1100. The number of carbonyl (C=O) groups excluding carboxylic acids is 1. The number of rotatable bonds is 1. The van der Waals surface area contributed by atoms with Crippen molar-refractivity contribution in [1.29, 1.82) is 0 Å². The second kappa shape index (κ2) is 8.34. The van der Waals surface area contributed by atoms with Crippen LogP contribution in [0.5, 0.6) is 0 Å². The van der Waals surface area contributed by atoms with Gasteiger partial charge in [0, 0.05) is 11.1 Å². The summed E-state index contributed by atoms with van der Waals surface area (Å²) < 4.78 is 5.82. The Morgan fingerprint density at radius 3 is 1.68 bits per heavy atom. The lowest BCUT2D eigenvalue weighted by molar-refractivity contribution is -0.110. The first-order valence-corrected chi connectivity index (χ1v) is 10.9. The SMILES string of the molecule is Cc1cc(=CC=C2C=CC(=O)C=C2)cc(C)c1=C1C(C(C)(C)C)=COC=C1C(C)(C)C. The molecule has 0 saturated carbocycles. The lowest BCUT2D eigenvalue weighted by Gasteiger charge is -2.34. The van der Waals surface area contributed by atoms with Gasteiger partial charge < -0.3 is 4.74 Å². The molecule has 31 heavy (non-hydrogen) atoms. The average molecular weight is 415 g/mol. The van der Waals surface area contributed by atoms with Crippen LogP contribution in [0.3, 0.4) is 0 Å². The normalized spacial score (nSPS) is 16.7. The molecular weight excluding hydrogens is 380 g/mol. The molecule has 0 saturated heterocycles. The van der Waals surface area contributed by atoms with E-state index in [2.05, 4.69) is 79.7 Å². The zero-order valence-corrected chi connectivity index (χ0v) is 20.1. The van der Waals surface area contributed by atoms with Crippen molar-refractivity contribution < 1.29 is 9.53 Å². The van der Waals surface area contributed by atoms with Crippen molar-refractivity contribution in [2.75, 3.05) is 0 Å². The highest BCUT2D eigenvalue weighted by Crippen LogP contribution is 2.44. The maximum atomic E-state index is 11.3. The van der Waals surface area contributed by atoms with Gasteiger partial charge in [0.25, 0.3) is 0 Å². The topological polar surface area (TPSA) is 26.3 Å². The molecule has 0 aromatic heterocycles. The number of aryl methyl sites for hydroxylation is 2. The van der Waals surface area contributed by atoms with Gasteiger partial charge in [-0.3, -0.25) is 4.79 Å². The third kappa shape index (κ3) is 5.07. The van der Waals surface area contributed by atoms with Gasteiger partial charge >= 0.3 is 0 Å². The van der Waals surface area contributed by atoms with Gasteiger partial charge in [-0.15, -0.1) is 0 Å². The highest BCUT2D eigenvalue weighted by Gasteiger charge is 2.32. The molecule has 2 nitrogen and oxygen atoms in total. The first-order valence-electron chi connectivity index (χ1n) is 10.9. The zero-order valence-electron chi connectivity index (χ0n) is 20.1. The van der Waals surface area contributed by atoms with E-state index in [1.54, 1.807) is 12.2 Å². The quantitative estimate of drug-likeness (QED) is 0.585. The zero-order chi connectivity index (χ0) is 23.0. The first-order chi connectivity index (χ1) is 14.4. The molecule has 1 heterocycles. The fourth-order valence-electron chi connectivity index (χ4n) is 4.06. The number of ether oxygens (including phenoxy) is 1. The minimum Gasteiger partial charge on any atom is -0.472 e. The Hall–Kier alpha value is -2.87. The van der Waals surface area contributed by atoms with Crippen molar-refractivity contribution in [3.63, 3.8) is 0 Å². The predicted octanol–water partition coefficient (Wildman–Crippen LogP) is 5.75. The molecule has 162 valence electrons. The first kappa shape index (κ1) is 22.8. The summed E-state index contributed by atoms with van der Waals surface area (Å²) in [5, 5.41) is 2.44. The summed E-state index contributed by atoms with van der Waals surface area (Å²) in [5.74, 6) is 0.0343. The second-order valence-corrected chi connectivity index (χ2v) is 10.5. The molecule has 1 aromatic rings. The van der Waals surface area contributed by atoms with Crippen molar-refractivity contribution in [3.05, 3.63) is 93.3 Å². The molecule has 0 atom stereocenters. The smallest absolute Gasteiger partial charge is 0.178 e. The molecule has 2 aliphatic rings. The lowest BCUT2D eigenvalue weighted by atomic mass is 9.72. The Labute approximate surface area is 186 Å². The van der Waals surface area contributed by atoms with E-state index in [4.69, 9.17) is 4.74 Å². The van der Waals surface area contributed by atoms with E-state index in [0.717, 1.165) is 10.8 Å². The summed E-state index contributed by atoms with van der Waals surface area (Å²) in [4.78, 5) is 11.3. The van der Waals surface area contributed by atoms with Crippen molar-refractivity contribution in [2.24, 2.45) is 10.8 Å². The van der Waals surface area contributed by atoms with E-state index < -0.39 is 0 Å². The molecular formula is C29H34O2. The van der Waals surface area contributed by atoms with E-state index in [9.17, 15) is 4.79 Å². The van der Waals surface area contributed by atoms with E-state index >= 15 is 0 Å². The van der Waals surface area contributed by atoms with Crippen molar-refractivity contribution in [3.8, 4) is 0 Å². The number of hydrogen-bond acceptors (Lipinski definition) is 2. The van der Waals surface area contributed by atoms with Crippen LogP contribution in [0.2, 0.25) is 0 Å². The molecule has 0 bridgehead atoms. The monoisotopic (exact) mass is 414 g/mol. The molecule has 0 unspecified atom stereocenters. The van der Waals surface area contributed by atoms with Crippen LogP contribution in [-0.2, 0) is 9.53 Å². The number of allylic oxidation sites excluding steroid dienone is 8. The predicted molar refractivity (Wildman–Crippen MR) is 131 cm³/mol. The Morgan fingerprint density at radius 1 is 0.742 bits per heavy atom. The number of carbonyl (C=O) groups is 1. The van der Waals surface area contributed by atoms with Crippen molar-refractivity contribution >= 4 is 17.4 Å². The standard InChI is InChI=1S/C29H34O2/c1-19-15-22(10-9-21-11-13-23(30)14-12-21)16-20(2)26(19)27-24(28(3,4)5)17-31-18-25(27)29(6,7)8/h9-18H,1-8H3. The van der Waals surface area contributed by atoms with Crippen LogP contribution in [-0.4, -0.2) is 5.78 Å². The highest BCUT2D eigenvalue weighted by atomic mass is 16.5. The number of ketones is 1. The molecule has 1 aromatic carbocycles. The molecule has 0 N–H and O–H groups in total. The molecule has 1 aliphatic carbocycles. The third-order valence-electron chi connectivity index (χ3n) is 5.68. The number of benzene rings is 1. The van der Waals surface area contributed by atoms with Gasteiger partial charge in [0.15, 0.2) is 5.78 Å². The van der Waals surface area contributed by atoms with Gasteiger partial charge in [-0.05, 0) is 69.5 Å². The summed E-state index contributed by atoms with van der Waals surface area (Å²) in [7, 11) is 0. The fraction of sp³-hybridized carbons (Fsp3) is 0.345. The van der Waals surface area contributed by atoms with Gasteiger partial charge in [0.1, 0.15) is 0 Å². The van der Waals surface area contributed by atoms with Crippen molar-refractivity contribution in [2.45, 2.75) is 55.4 Å². The molecule has 3 rings (SSSR count). The minimum atomic E-state index is -0.0364. The molecule has 0 radical (unpaired) electrons. The summed E-state index contributed by atoms with van der Waals surface area (Å²) in [6.45, 7) is 17.8. The van der Waals surface area contributed by atoms with Crippen LogP contribution >= 0.6 is 0 Å². The fourth-order valence-corrected chi connectivity index (χ4v) is 4.06. The van der Waals surface area contributed by atoms with E-state index in [1.165, 1.54) is 33.1 Å². The Balaban J connectivity index is 2.24. The molecule has 0 fully saturated rings. The van der Waals surface area contributed by atoms with Crippen LogP contribution in [0.4, 0.5) is 0 Å². The Morgan fingerprint density at radius 2 is 1.23 bits per heavy atom. The van der Waals surface area contributed by atoms with Crippen LogP contribution in [0.25, 0.3) is 11.6 Å². The largest absolute Gasteiger partial charge is 0.472 e. The molecule has 2 heteroatoms. The van der Waals surface area contributed by atoms with E-state index in [0.29, 0.717) is 0 Å². The van der Waals surface area contributed by atoms with E-state index in [1.807, 2.05) is 24.7 Å². The molecule has 0 spiro atoms. The average Bonchev–Trinajstić information content (AvgIpc) is 2.65. The Kier molecular flexibility index (Phi) is 6.14. The van der Waals surface area contributed by atoms with Crippen LogP contribution in [0.15, 0.2) is 71.8 Å². The maximum absolute atomic E-state index is 11.3. The minimum absolute atomic E-state index is 0.0343. The van der Waals surface area contributed by atoms with Gasteiger partial charge in [-0.2, -0.15) is 0 Å².